The van der Waals surface area contributed by atoms with Crippen LogP contribution >= 0.6 is 21.6 Å². The number of aliphatic carboxylic acids is 1. The number of hydrogen-bond donors (Lipinski definition) is 33. The largest absolute Gasteiger partial charge is 0.508 e. The fourth-order valence-electron chi connectivity index (χ4n) is 16.1. The Morgan fingerprint density at radius 1 is 0.447 bits per heavy atom. The normalized spacial score (nSPS) is 19.7. The van der Waals surface area contributed by atoms with Crippen molar-refractivity contribution in [2.75, 3.05) is 92.1 Å². The Balaban J connectivity index is 1.64. The summed E-state index contributed by atoms with van der Waals surface area (Å²) in [6.07, 6.45) is -4.16. The van der Waals surface area contributed by atoms with E-state index in [0.29, 0.717) is 22.5 Å². The van der Waals surface area contributed by atoms with Gasteiger partial charge in [-0.2, -0.15) is 0 Å². The molecule has 54 nitrogen and oxygen atoms in total. The number of phenolic OH excluding ortho intramolecular Hbond substituents is 2. The van der Waals surface area contributed by atoms with Gasteiger partial charge in [0.15, 0.2) is 29.8 Å². The quantitative estimate of drug-likeness (QED) is 0.00847. The maximum Gasteiger partial charge on any atom is 0.312 e. The molecule has 824 valence electrons. The molecule has 56 heteroatoms. The molecule has 0 bridgehead atoms. The smallest absolute Gasteiger partial charge is 0.312 e. The number of rotatable bonds is 47. The lowest BCUT2D eigenvalue weighted by Gasteiger charge is -2.31. The van der Waals surface area contributed by atoms with Crippen LogP contribution in [0.4, 0.5) is 9.59 Å². The average molecular weight is 2140 g/mol. The first kappa shape index (κ1) is 123. The van der Waals surface area contributed by atoms with Crippen molar-refractivity contribution < 1.29 is 96.8 Å². The number of aliphatic imine (C=N–C) groups is 1. The van der Waals surface area contributed by atoms with Crippen LogP contribution in [0, 0.1) is 21.6 Å². The minimum Gasteiger partial charge on any atom is -0.508 e. The summed E-state index contributed by atoms with van der Waals surface area (Å²) in [5, 5.41) is 111. The number of nitrogens with zero attached hydrogens (tertiary/aromatic N) is 4. The summed E-state index contributed by atoms with van der Waals surface area (Å²) in [6.45, 7) is -0.604. The highest BCUT2D eigenvalue weighted by Gasteiger charge is 2.43. The van der Waals surface area contributed by atoms with Crippen molar-refractivity contribution in [1.29, 1.82) is 21.6 Å². The zero-order valence-electron chi connectivity index (χ0n) is 84.4. The van der Waals surface area contributed by atoms with Crippen molar-refractivity contribution in [2.45, 2.75) is 226 Å². The number of carboxylic acids is 1. The third-order valence-corrected chi connectivity index (χ3v) is 26.3. The molecule has 4 aromatic rings. The molecule has 2 aliphatic rings. The predicted octanol–water partition coefficient (Wildman–Crippen LogP) is -6.24. The molecule has 6 rings (SSSR count). The number of phenols is 2. The highest BCUT2D eigenvalue weighted by atomic mass is 33.1. The number of fused-ring (bicyclic) bond motifs is 2. The molecule has 0 spiro atoms. The molecule has 0 radical (unpaired) electrons. The first-order chi connectivity index (χ1) is 71.3. The SMILES string of the molecule is CN(C)C(=NC(CCCNC(=N)N)C(=O)NC(CCCNC(=N)N)C(=O)NC(Cc1ccc2ccccc2c1)C(=O)NC1CSSCC(C(=O)NC(CCCNC(=N)N)C(N)=O)NC(=O)C(CCCNC(N)=O)NC(=O)C(CCCNC(=N)N)NC(=O)C(Cc2ccc(O)cc2)NC(=O)C2CCCN2C(=O)C(CCC(=O)O)NC(=O)C(CCCCN)NC(=O)C(CCCNC(N)=O)NC(=O)C(Cc2ccc(O)cc2)NC1=O)N(C)C. The molecule has 14 unspecified atom stereocenters. The van der Waals surface area contributed by atoms with Crippen molar-refractivity contribution >= 4 is 163 Å². The van der Waals surface area contributed by atoms with Gasteiger partial charge in [-0.05, 0) is 174 Å². The van der Waals surface area contributed by atoms with Gasteiger partial charge in [0.1, 0.15) is 96.1 Å². The standard InChI is InChI=1S/C94H146N34O20S2/c1-126(2)94(127(3)4)125-65(24-12-42-110-91(103)104)80(139)116-63(21-11-41-109-90(101)102)78(137)120-69(49-54-26-31-55-16-5-6-17-56(55)46-54)83(142)124-71-51-150-149-50-70(84(143)113-59(74(96)133)19-9-39-107-88(97)98)123-79(138)64(23-14-44-112-93(106)148)115-76(135)61(20-10-40-108-89(99)100)118-82(141)68(48-53-29-34-58(130)35-30-53)122-86(145)72-25-15-45-128(72)87(146)66(36-37-73(131)132)119-77(136)60(18-7-8-38-95)114-75(134)62(22-13-43-111-92(105)147)117-81(140)67(121-85(71)144)47-52-27-32-57(129)33-28-52/h5-6,16-17,26-35,46,59-72,129-130H,7-15,18-25,36-45,47-51,95H2,1-4H3,(H2,96,133)(H,113,143)(H,114,134)(H,115,135)(H,116,139)(H,117,140)(H,118,141)(H,119,136)(H,120,137)(H,121,144)(H,122,145)(H,123,138)(H,124,142)(H,131,132)(H4,97,98,107)(H4,99,100,108)(H4,101,102,109)(H4,103,104,110)(H3,105,111,147)(H3,106,112,148). The molecule has 2 aliphatic heterocycles. The minimum absolute atomic E-state index is 0.0103. The van der Waals surface area contributed by atoms with Gasteiger partial charge in [-0.3, -0.25) is 93.6 Å². The van der Waals surface area contributed by atoms with Gasteiger partial charge in [-0.25, -0.2) is 14.6 Å². The number of hydrogen-bond acceptors (Lipinski definition) is 27. The Morgan fingerprint density at radius 2 is 0.867 bits per heavy atom. The van der Waals surface area contributed by atoms with Crippen LogP contribution in [0.25, 0.3) is 10.8 Å². The van der Waals surface area contributed by atoms with Crippen molar-refractivity contribution in [1.82, 2.24) is 110 Å². The van der Waals surface area contributed by atoms with E-state index < -0.39 is 253 Å². The van der Waals surface area contributed by atoms with Crippen molar-refractivity contribution in [3.05, 3.63) is 108 Å². The highest BCUT2D eigenvalue weighted by Crippen LogP contribution is 2.27. The maximum atomic E-state index is 16.2. The lowest BCUT2D eigenvalue weighted by Crippen LogP contribution is -2.61. The lowest BCUT2D eigenvalue weighted by atomic mass is 10.00. The molecule has 41 N–H and O–H groups in total. The number of amides is 18. The van der Waals surface area contributed by atoms with Gasteiger partial charge >= 0.3 is 18.0 Å². The molecule has 0 aliphatic carbocycles. The molecule has 18 amide bonds. The number of unbranched alkanes of at least 4 members (excludes halogenated alkanes) is 1. The van der Waals surface area contributed by atoms with Crippen LogP contribution in [0.2, 0.25) is 0 Å². The van der Waals surface area contributed by atoms with E-state index in [9.17, 15) is 39.3 Å². The number of carbonyl (C=O) groups excluding carboxylic acids is 16. The topological polar surface area (TPSA) is 893 Å². The molecule has 150 heavy (non-hydrogen) atoms. The molecule has 2 heterocycles. The van der Waals surface area contributed by atoms with Gasteiger partial charge in [-0.15, -0.1) is 0 Å². The second kappa shape index (κ2) is 64.5. The number of carboxylic acid groups (broad SMARTS) is 1. The summed E-state index contributed by atoms with van der Waals surface area (Å²) in [7, 11) is 8.24. The molecule has 14 atom stereocenters. The minimum atomic E-state index is -1.94. The zero-order chi connectivity index (χ0) is 111. The third-order valence-electron chi connectivity index (χ3n) is 23.8. The summed E-state index contributed by atoms with van der Waals surface area (Å²) in [5.74, 6) is -19.4. The Bertz CT molecular complexity index is 5310. The second-order valence-electron chi connectivity index (χ2n) is 36.3. The Kier molecular flexibility index (Phi) is 52.9. The van der Waals surface area contributed by atoms with E-state index in [2.05, 4.69) is 95.7 Å². The average Bonchev–Trinajstić information content (AvgIpc) is 1.64. The molecular weight excluding hydrogens is 1990 g/mol. The zero-order valence-corrected chi connectivity index (χ0v) is 86.0. The third kappa shape index (κ3) is 45.0. The van der Waals surface area contributed by atoms with Crippen LogP contribution in [0.5, 0.6) is 11.5 Å². The summed E-state index contributed by atoms with van der Waals surface area (Å²) < 4.78 is 0. The maximum absolute atomic E-state index is 16.2. The Hall–Kier alpha value is -15.7. The number of primary amides is 3. The monoisotopic (exact) mass is 2140 g/mol. The highest BCUT2D eigenvalue weighted by molar-refractivity contribution is 8.76. The number of guanidine groups is 5. The number of nitrogens with two attached hydrogens (primary N) is 8. The number of carbonyl (C=O) groups is 17. The number of aromatic hydroxyl groups is 2. The summed E-state index contributed by atoms with van der Waals surface area (Å²) in [4.78, 5) is 261. The van der Waals surface area contributed by atoms with Gasteiger partial charge in [0.2, 0.25) is 82.7 Å². The van der Waals surface area contributed by atoms with E-state index in [4.69, 9.17) is 72.5 Å². The van der Waals surface area contributed by atoms with E-state index >= 15 is 57.5 Å². The van der Waals surface area contributed by atoms with Crippen LogP contribution in [0.1, 0.15) is 139 Å². The summed E-state index contributed by atoms with van der Waals surface area (Å²) >= 11 is 0. The van der Waals surface area contributed by atoms with Gasteiger partial charge in [0, 0.05) is 111 Å². The van der Waals surface area contributed by atoms with E-state index in [1.165, 1.54) is 48.5 Å². The van der Waals surface area contributed by atoms with Gasteiger partial charge in [0.25, 0.3) is 0 Å². The van der Waals surface area contributed by atoms with Crippen molar-refractivity contribution in [2.24, 2.45) is 50.9 Å². The van der Waals surface area contributed by atoms with Gasteiger partial charge in [-0.1, -0.05) is 88.3 Å². The van der Waals surface area contributed by atoms with Gasteiger partial charge < -0.3 is 172 Å². The molecule has 0 saturated carbocycles. The second-order valence-corrected chi connectivity index (χ2v) is 38.8. The van der Waals surface area contributed by atoms with Crippen LogP contribution < -0.4 is 142 Å². The summed E-state index contributed by atoms with van der Waals surface area (Å²) in [6, 6.07) is -2.59. The van der Waals surface area contributed by atoms with E-state index in [0.717, 1.165) is 31.9 Å². The lowest BCUT2D eigenvalue weighted by molar-refractivity contribution is -0.143. The summed E-state index contributed by atoms with van der Waals surface area (Å²) in [5.41, 5.74) is 46.3. The fourth-order valence-corrected chi connectivity index (χ4v) is 18.5. The van der Waals surface area contributed by atoms with Crippen LogP contribution in [0.3, 0.4) is 0 Å². The van der Waals surface area contributed by atoms with E-state index in [1.807, 2.05) is 6.07 Å². The van der Waals surface area contributed by atoms with Crippen LogP contribution in [-0.2, 0) is 91.2 Å². The Labute approximate surface area is 875 Å². The predicted molar refractivity (Wildman–Crippen MR) is 562 cm³/mol. The first-order valence-electron chi connectivity index (χ1n) is 49.0. The molecule has 2 fully saturated rings. The molecule has 0 aromatic heterocycles. The first-order valence-corrected chi connectivity index (χ1v) is 51.5. The molecule has 2 saturated heterocycles. The van der Waals surface area contributed by atoms with Crippen molar-refractivity contribution in [3.63, 3.8) is 0 Å². The fraction of sp³-hybridized carbons (Fsp3) is 0.532. The molecule has 4 aromatic carbocycles. The van der Waals surface area contributed by atoms with E-state index in [-0.39, 0.29) is 178 Å². The van der Waals surface area contributed by atoms with Crippen LogP contribution in [0.15, 0.2) is 96.0 Å². The van der Waals surface area contributed by atoms with E-state index in [1.54, 1.807) is 74.4 Å². The van der Waals surface area contributed by atoms with Crippen molar-refractivity contribution in [3.8, 4) is 11.5 Å². The number of benzene rings is 4. The molecular formula is C94H146N34O20S2. The number of nitrogens with one attached hydrogen (secondary N) is 22. The Morgan fingerprint density at radius 3 is 1.34 bits per heavy atom. The van der Waals surface area contributed by atoms with Gasteiger partial charge in [0.05, 0.1) is 0 Å². The number of urea groups is 2. The van der Waals surface area contributed by atoms with Crippen LogP contribution in [-0.4, -0.2) is 337 Å².